The summed E-state index contributed by atoms with van der Waals surface area (Å²) in [5, 5.41) is 1.34. The zero-order valence-corrected chi connectivity index (χ0v) is 15.7. The van der Waals surface area contributed by atoms with Crippen molar-refractivity contribution in [3.05, 3.63) is 70.2 Å². The molecule has 2 aromatic rings. The fourth-order valence-electron chi connectivity index (χ4n) is 2.59. The van der Waals surface area contributed by atoms with Gasteiger partial charge in [0.1, 0.15) is 13.2 Å². The Hall–Kier alpha value is -2.38. The first-order valence-electron chi connectivity index (χ1n) is 8.26. The van der Waals surface area contributed by atoms with Crippen molar-refractivity contribution < 1.29 is 19.2 Å². The molecule has 0 saturated carbocycles. The summed E-state index contributed by atoms with van der Waals surface area (Å²) in [6.45, 7) is 1.64. The van der Waals surface area contributed by atoms with Crippen LogP contribution < -0.4 is 0 Å². The van der Waals surface area contributed by atoms with E-state index in [0.717, 1.165) is 15.6 Å². The topological polar surface area (TPSA) is 59.1 Å². The summed E-state index contributed by atoms with van der Waals surface area (Å²) >= 11 is 3.39. The third kappa shape index (κ3) is 5.31. The third-order valence-electron chi connectivity index (χ3n) is 3.97. The maximum atomic E-state index is 12.3. The van der Waals surface area contributed by atoms with E-state index in [-0.39, 0.29) is 19.1 Å². The van der Waals surface area contributed by atoms with E-state index >= 15 is 0 Å². The number of carbonyl (C=O) groups is 2. The van der Waals surface area contributed by atoms with E-state index in [9.17, 15) is 9.59 Å². The molecule has 0 unspecified atom stereocenters. The highest BCUT2D eigenvalue weighted by molar-refractivity contribution is 9.10. The first-order chi connectivity index (χ1) is 12.6. The molecular formula is C19H19BrN2O4. The Morgan fingerprint density at radius 1 is 1.00 bits per heavy atom. The fraction of sp³-hybridized carbons (Fsp3) is 0.263. The number of carbonyl (C=O) groups excluding carboxylic acids is 2. The fourth-order valence-corrected chi connectivity index (χ4v) is 2.85. The van der Waals surface area contributed by atoms with Gasteiger partial charge in [-0.2, -0.15) is 0 Å². The second-order valence-electron chi connectivity index (χ2n) is 5.92. The van der Waals surface area contributed by atoms with Crippen LogP contribution in [-0.2, 0) is 27.5 Å². The van der Waals surface area contributed by atoms with Crippen molar-refractivity contribution in [1.29, 1.82) is 0 Å². The van der Waals surface area contributed by atoms with E-state index in [0.29, 0.717) is 19.6 Å². The lowest BCUT2D eigenvalue weighted by Gasteiger charge is -2.32. The minimum atomic E-state index is -0.803. The van der Waals surface area contributed by atoms with Gasteiger partial charge in [-0.3, -0.25) is 4.79 Å². The zero-order chi connectivity index (χ0) is 18.4. The van der Waals surface area contributed by atoms with Crippen LogP contribution >= 0.6 is 15.9 Å². The van der Waals surface area contributed by atoms with Gasteiger partial charge in [0.05, 0.1) is 6.54 Å². The van der Waals surface area contributed by atoms with E-state index in [1.54, 1.807) is 4.90 Å². The number of piperazine rings is 1. The van der Waals surface area contributed by atoms with Gasteiger partial charge < -0.3 is 14.5 Å². The molecule has 7 heteroatoms. The maximum absolute atomic E-state index is 12.3. The van der Waals surface area contributed by atoms with Crippen LogP contribution in [0.5, 0.6) is 0 Å². The van der Waals surface area contributed by atoms with Crippen molar-refractivity contribution in [2.45, 2.75) is 13.2 Å². The smallest absolute Gasteiger partial charge is 0.428 e. The first-order valence-corrected chi connectivity index (χ1v) is 9.05. The SMILES string of the molecule is O=C(OCc1ccccc1)ON1CCN(Cc2ccc(Br)cc2)C(=O)C1. The van der Waals surface area contributed by atoms with Crippen LogP contribution in [0.2, 0.25) is 0 Å². The molecule has 1 aliphatic rings. The second-order valence-corrected chi connectivity index (χ2v) is 6.84. The molecule has 0 bridgehead atoms. The Morgan fingerprint density at radius 2 is 1.73 bits per heavy atom. The van der Waals surface area contributed by atoms with Crippen LogP contribution in [0, 0.1) is 0 Å². The van der Waals surface area contributed by atoms with E-state index in [1.165, 1.54) is 5.06 Å². The zero-order valence-electron chi connectivity index (χ0n) is 14.1. The summed E-state index contributed by atoms with van der Waals surface area (Å²) in [5.41, 5.74) is 1.93. The Morgan fingerprint density at radius 3 is 2.42 bits per heavy atom. The number of hydrogen-bond donors (Lipinski definition) is 0. The molecule has 1 saturated heterocycles. The number of rotatable bonds is 5. The lowest BCUT2D eigenvalue weighted by molar-refractivity contribution is -0.169. The third-order valence-corrected chi connectivity index (χ3v) is 4.50. The molecule has 1 aliphatic heterocycles. The number of ether oxygens (including phenoxy) is 1. The minimum absolute atomic E-state index is 0.0248. The summed E-state index contributed by atoms with van der Waals surface area (Å²) in [5.74, 6) is -0.0879. The number of nitrogens with zero attached hydrogens (tertiary/aromatic N) is 2. The van der Waals surface area contributed by atoms with Crippen molar-refractivity contribution in [2.24, 2.45) is 0 Å². The molecule has 0 spiro atoms. The van der Waals surface area contributed by atoms with Gasteiger partial charge in [-0.25, -0.2) is 4.79 Å². The van der Waals surface area contributed by atoms with Gasteiger partial charge in [-0.1, -0.05) is 58.4 Å². The van der Waals surface area contributed by atoms with Gasteiger partial charge in [-0.15, -0.1) is 5.06 Å². The normalized spacial score (nSPS) is 15.0. The number of hydroxylamine groups is 2. The maximum Gasteiger partial charge on any atom is 0.528 e. The molecule has 0 N–H and O–H groups in total. The van der Waals surface area contributed by atoms with Crippen LogP contribution in [-0.4, -0.2) is 41.7 Å². The van der Waals surface area contributed by atoms with Crippen LogP contribution in [0.25, 0.3) is 0 Å². The highest BCUT2D eigenvalue weighted by Gasteiger charge is 2.27. The Labute approximate surface area is 160 Å². The Bertz CT molecular complexity index is 752. The molecule has 0 atom stereocenters. The second kappa shape index (κ2) is 8.82. The van der Waals surface area contributed by atoms with E-state index in [4.69, 9.17) is 9.57 Å². The van der Waals surface area contributed by atoms with Crippen molar-refractivity contribution in [3.8, 4) is 0 Å². The van der Waals surface area contributed by atoms with Crippen LogP contribution in [0.15, 0.2) is 59.1 Å². The predicted molar refractivity (Wildman–Crippen MR) is 98.8 cm³/mol. The van der Waals surface area contributed by atoms with Crippen LogP contribution in [0.1, 0.15) is 11.1 Å². The quantitative estimate of drug-likeness (QED) is 0.696. The van der Waals surface area contributed by atoms with Crippen molar-refractivity contribution in [2.75, 3.05) is 19.6 Å². The van der Waals surface area contributed by atoms with E-state index in [2.05, 4.69) is 15.9 Å². The number of amides is 1. The van der Waals surface area contributed by atoms with E-state index in [1.807, 2.05) is 54.6 Å². The van der Waals surface area contributed by atoms with Crippen molar-refractivity contribution in [3.63, 3.8) is 0 Å². The molecule has 1 amide bonds. The molecule has 1 heterocycles. The largest absolute Gasteiger partial charge is 0.528 e. The van der Waals surface area contributed by atoms with Crippen LogP contribution in [0.4, 0.5) is 4.79 Å². The van der Waals surface area contributed by atoms with Crippen molar-refractivity contribution in [1.82, 2.24) is 9.96 Å². The van der Waals surface area contributed by atoms with Crippen molar-refractivity contribution >= 4 is 28.0 Å². The molecular weight excluding hydrogens is 400 g/mol. The average molecular weight is 419 g/mol. The number of hydrogen-bond acceptors (Lipinski definition) is 5. The average Bonchev–Trinajstić information content (AvgIpc) is 2.65. The summed E-state index contributed by atoms with van der Waals surface area (Å²) in [7, 11) is 0. The molecule has 0 aromatic heterocycles. The summed E-state index contributed by atoms with van der Waals surface area (Å²) in [6.07, 6.45) is -0.803. The number of benzene rings is 2. The van der Waals surface area contributed by atoms with Crippen LogP contribution in [0.3, 0.4) is 0 Å². The Balaban J connectivity index is 1.43. The molecule has 136 valence electrons. The van der Waals surface area contributed by atoms with E-state index < -0.39 is 6.16 Å². The van der Waals surface area contributed by atoms with Gasteiger partial charge in [-0.05, 0) is 23.3 Å². The predicted octanol–water partition coefficient (Wildman–Crippen LogP) is 3.36. The lowest BCUT2D eigenvalue weighted by Crippen LogP contribution is -2.50. The standard InChI is InChI=1S/C19H19BrN2O4/c20-17-8-6-15(7-9-17)12-21-10-11-22(13-18(21)23)26-19(24)25-14-16-4-2-1-3-5-16/h1-9H,10-14H2. The molecule has 26 heavy (non-hydrogen) atoms. The molecule has 2 aromatic carbocycles. The number of halogens is 1. The molecule has 6 nitrogen and oxygen atoms in total. The molecule has 1 fully saturated rings. The van der Waals surface area contributed by atoms with Gasteiger partial charge in [0.15, 0.2) is 0 Å². The van der Waals surface area contributed by atoms with Gasteiger partial charge in [0, 0.05) is 17.6 Å². The molecule has 3 rings (SSSR count). The van der Waals surface area contributed by atoms with Gasteiger partial charge in [0.2, 0.25) is 5.91 Å². The van der Waals surface area contributed by atoms with Gasteiger partial charge in [0.25, 0.3) is 0 Å². The van der Waals surface area contributed by atoms with Gasteiger partial charge >= 0.3 is 6.16 Å². The molecule has 0 radical (unpaired) electrons. The summed E-state index contributed by atoms with van der Waals surface area (Å²) < 4.78 is 6.07. The lowest BCUT2D eigenvalue weighted by atomic mass is 10.2. The Kier molecular flexibility index (Phi) is 6.25. The first kappa shape index (κ1) is 18.4. The highest BCUT2D eigenvalue weighted by atomic mass is 79.9. The highest BCUT2D eigenvalue weighted by Crippen LogP contribution is 2.14. The molecule has 0 aliphatic carbocycles. The summed E-state index contributed by atoms with van der Waals surface area (Å²) in [4.78, 5) is 30.9. The monoisotopic (exact) mass is 418 g/mol. The minimum Gasteiger partial charge on any atom is -0.428 e. The summed E-state index contributed by atoms with van der Waals surface area (Å²) in [6, 6.07) is 17.2.